The quantitative estimate of drug-likeness (QED) is 0.717. The van der Waals surface area contributed by atoms with Gasteiger partial charge >= 0.3 is 0 Å². The van der Waals surface area contributed by atoms with Crippen LogP contribution in [0, 0.1) is 11.6 Å². The molecule has 13 heavy (non-hydrogen) atoms. The fourth-order valence-electron chi connectivity index (χ4n) is 0.962. The minimum atomic E-state index is -1.17. The highest BCUT2D eigenvalue weighted by atomic mass is 19.2. The SMILES string of the molecule is CO[C@@H]([C]=O)c1cccc(F)c1F. The zero-order chi connectivity index (χ0) is 9.84. The van der Waals surface area contributed by atoms with Crippen molar-refractivity contribution < 1.29 is 18.3 Å². The molecule has 1 radical (unpaired) electrons. The number of halogens is 2. The molecule has 0 unspecified atom stereocenters. The highest BCUT2D eigenvalue weighted by molar-refractivity contribution is 5.60. The molecule has 0 saturated carbocycles. The van der Waals surface area contributed by atoms with Gasteiger partial charge in [0.15, 0.2) is 17.7 Å². The second-order valence-electron chi connectivity index (χ2n) is 2.38. The van der Waals surface area contributed by atoms with Crippen molar-refractivity contribution in [3.8, 4) is 0 Å². The average Bonchev–Trinajstić information content (AvgIpc) is 2.14. The molecule has 0 spiro atoms. The lowest BCUT2D eigenvalue weighted by Crippen LogP contribution is -2.06. The summed E-state index contributed by atoms with van der Waals surface area (Å²) in [6, 6.07) is 3.55. The largest absolute Gasteiger partial charge is 0.368 e. The van der Waals surface area contributed by atoms with Crippen LogP contribution in [0.1, 0.15) is 11.7 Å². The molecule has 1 aromatic carbocycles. The Morgan fingerprint density at radius 2 is 2.15 bits per heavy atom. The second-order valence-corrected chi connectivity index (χ2v) is 2.38. The van der Waals surface area contributed by atoms with Gasteiger partial charge in [-0.1, -0.05) is 12.1 Å². The summed E-state index contributed by atoms with van der Waals surface area (Å²) in [5, 5.41) is 0. The molecule has 2 nitrogen and oxygen atoms in total. The molecule has 0 aliphatic heterocycles. The third kappa shape index (κ3) is 1.89. The highest BCUT2D eigenvalue weighted by Crippen LogP contribution is 2.19. The van der Waals surface area contributed by atoms with Crippen LogP contribution in [0.3, 0.4) is 0 Å². The maximum atomic E-state index is 13.0. The van der Waals surface area contributed by atoms with E-state index in [2.05, 4.69) is 4.74 Å². The zero-order valence-electron chi connectivity index (χ0n) is 6.88. The lowest BCUT2D eigenvalue weighted by atomic mass is 10.1. The number of hydrogen-bond acceptors (Lipinski definition) is 2. The van der Waals surface area contributed by atoms with Crippen LogP contribution < -0.4 is 0 Å². The summed E-state index contributed by atoms with van der Waals surface area (Å²) in [4.78, 5) is 10.3. The van der Waals surface area contributed by atoms with E-state index in [9.17, 15) is 13.6 Å². The third-order valence-electron chi connectivity index (χ3n) is 1.61. The average molecular weight is 185 g/mol. The number of carbonyl (C=O) groups excluding carboxylic acids is 1. The summed E-state index contributed by atoms with van der Waals surface area (Å²) >= 11 is 0. The smallest absolute Gasteiger partial charge is 0.234 e. The first kappa shape index (κ1) is 9.80. The van der Waals surface area contributed by atoms with E-state index in [4.69, 9.17) is 0 Å². The molecule has 0 heterocycles. The fraction of sp³-hybridized carbons (Fsp3) is 0.222. The van der Waals surface area contributed by atoms with Crippen LogP contribution >= 0.6 is 0 Å². The number of hydrogen-bond donors (Lipinski definition) is 0. The molecule has 0 fully saturated rings. The van der Waals surface area contributed by atoms with Gasteiger partial charge in [0.25, 0.3) is 0 Å². The predicted octanol–water partition coefficient (Wildman–Crippen LogP) is 1.76. The van der Waals surface area contributed by atoms with E-state index in [0.29, 0.717) is 0 Å². The van der Waals surface area contributed by atoms with E-state index in [-0.39, 0.29) is 5.56 Å². The first-order chi connectivity index (χ1) is 6.20. The van der Waals surface area contributed by atoms with Gasteiger partial charge < -0.3 is 4.74 Å². The summed E-state index contributed by atoms with van der Waals surface area (Å²) in [5.74, 6) is -2.08. The van der Waals surface area contributed by atoms with E-state index >= 15 is 0 Å². The lowest BCUT2D eigenvalue weighted by Gasteiger charge is -2.08. The summed E-state index contributed by atoms with van der Waals surface area (Å²) in [5.41, 5.74) is -0.141. The van der Waals surface area contributed by atoms with Gasteiger partial charge in [-0.05, 0) is 6.07 Å². The maximum absolute atomic E-state index is 13.0. The summed E-state index contributed by atoms with van der Waals surface area (Å²) in [7, 11) is 1.22. The van der Waals surface area contributed by atoms with Crippen molar-refractivity contribution in [2.75, 3.05) is 7.11 Å². The van der Waals surface area contributed by atoms with Crippen molar-refractivity contribution in [2.45, 2.75) is 6.10 Å². The van der Waals surface area contributed by atoms with Gasteiger partial charge in [0.05, 0.1) is 0 Å². The van der Waals surface area contributed by atoms with Crippen molar-refractivity contribution in [3.05, 3.63) is 35.4 Å². The van der Waals surface area contributed by atoms with Crippen LogP contribution in [0.5, 0.6) is 0 Å². The Kier molecular flexibility index (Phi) is 3.08. The van der Waals surface area contributed by atoms with Gasteiger partial charge in [0.2, 0.25) is 6.29 Å². The molecule has 0 aliphatic rings. The number of methoxy groups -OCH3 is 1. The summed E-state index contributed by atoms with van der Waals surface area (Å²) in [6.07, 6.45) is 0.287. The maximum Gasteiger partial charge on any atom is 0.234 e. The fourth-order valence-corrected chi connectivity index (χ4v) is 0.962. The molecule has 0 bridgehead atoms. The van der Waals surface area contributed by atoms with Gasteiger partial charge in [-0.15, -0.1) is 0 Å². The van der Waals surface area contributed by atoms with Crippen molar-refractivity contribution in [1.82, 2.24) is 0 Å². The standard InChI is InChI=1S/C9H7F2O2/c1-13-8(5-12)6-3-2-4-7(10)9(6)11/h2-4,8H,1H3/t8-/m0/s1. The van der Waals surface area contributed by atoms with Crippen molar-refractivity contribution >= 4 is 6.29 Å². The number of rotatable bonds is 3. The van der Waals surface area contributed by atoms with Crippen molar-refractivity contribution in [1.29, 1.82) is 0 Å². The summed E-state index contributed by atoms with van der Waals surface area (Å²) in [6.45, 7) is 0. The molecule has 0 N–H and O–H groups in total. The molecule has 0 saturated heterocycles. The monoisotopic (exact) mass is 185 g/mol. The molecule has 1 atom stereocenters. The minimum Gasteiger partial charge on any atom is -0.368 e. The van der Waals surface area contributed by atoms with Crippen LogP contribution in [-0.4, -0.2) is 13.4 Å². The Morgan fingerprint density at radius 1 is 1.46 bits per heavy atom. The van der Waals surface area contributed by atoms with Crippen LogP contribution in [0.25, 0.3) is 0 Å². The van der Waals surface area contributed by atoms with E-state index in [1.165, 1.54) is 25.5 Å². The van der Waals surface area contributed by atoms with Crippen LogP contribution in [0.2, 0.25) is 0 Å². The Labute approximate surface area is 74.1 Å². The van der Waals surface area contributed by atoms with Gasteiger partial charge in [0.1, 0.15) is 0 Å². The van der Waals surface area contributed by atoms with Crippen LogP contribution in [0.4, 0.5) is 8.78 Å². The number of ether oxygens (including phenoxy) is 1. The number of benzene rings is 1. The minimum absolute atomic E-state index is 0.141. The van der Waals surface area contributed by atoms with Crippen molar-refractivity contribution in [2.24, 2.45) is 0 Å². The molecule has 1 rings (SSSR count). The third-order valence-corrected chi connectivity index (χ3v) is 1.61. The first-order valence-corrected chi connectivity index (χ1v) is 3.55. The zero-order valence-corrected chi connectivity index (χ0v) is 6.88. The normalized spacial score (nSPS) is 12.5. The van der Waals surface area contributed by atoms with Gasteiger partial charge in [-0.2, -0.15) is 0 Å². The molecule has 1 aromatic rings. The van der Waals surface area contributed by atoms with E-state index in [0.717, 1.165) is 6.07 Å². The second kappa shape index (κ2) is 4.09. The van der Waals surface area contributed by atoms with E-state index < -0.39 is 17.7 Å². The van der Waals surface area contributed by atoms with Gasteiger partial charge in [0, 0.05) is 12.7 Å². The molecule has 0 amide bonds. The molecule has 0 aliphatic carbocycles. The van der Waals surface area contributed by atoms with E-state index in [1.54, 1.807) is 0 Å². The topological polar surface area (TPSA) is 26.3 Å². The summed E-state index contributed by atoms with van der Waals surface area (Å²) < 4.78 is 30.2. The van der Waals surface area contributed by atoms with E-state index in [1.807, 2.05) is 0 Å². The van der Waals surface area contributed by atoms with Crippen LogP contribution in [0.15, 0.2) is 18.2 Å². The molecule has 0 aromatic heterocycles. The molecule has 4 heteroatoms. The molecular formula is C9H7F2O2. The Morgan fingerprint density at radius 3 is 2.69 bits per heavy atom. The first-order valence-electron chi connectivity index (χ1n) is 3.55. The Bertz CT molecular complexity index is 312. The highest BCUT2D eigenvalue weighted by Gasteiger charge is 2.17. The van der Waals surface area contributed by atoms with Crippen LogP contribution in [-0.2, 0) is 9.53 Å². The molecular weight excluding hydrogens is 178 g/mol. The Balaban J connectivity index is 3.13. The van der Waals surface area contributed by atoms with Crippen molar-refractivity contribution in [3.63, 3.8) is 0 Å². The van der Waals surface area contributed by atoms with Gasteiger partial charge in [-0.3, -0.25) is 4.79 Å². The Hall–Kier alpha value is -1.29. The molecule has 69 valence electrons. The predicted molar refractivity (Wildman–Crippen MR) is 41.8 cm³/mol. The lowest BCUT2D eigenvalue weighted by molar-refractivity contribution is 0.150. The van der Waals surface area contributed by atoms with Gasteiger partial charge in [-0.25, -0.2) is 8.78 Å².